The van der Waals surface area contributed by atoms with Gasteiger partial charge in [-0.05, 0) is 28.8 Å². The fourth-order valence-corrected chi connectivity index (χ4v) is 2.74. The highest BCUT2D eigenvalue weighted by Crippen LogP contribution is 2.34. The number of anilines is 1. The van der Waals surface area contributed by atoms with Crippen molar-refractivity contribution in [1.29, 1.82) is 0 Å². The molecule has 0 amide bonds. The summed E-state index contributed by atoms with van der Waals surface area (Å²) in [5, 5.41) is 9.10. The molecule has 0 aromatic carbocycles. The van der Waals surface area contributed by atoms with Crippen molar-refractivity contribution in [2.45, 2.75) is 25.2 Å². The number of nitrogen functional groups attached to an aromatic ring is 1. The second-order valence-corrected chi connectivity index (χ2v) is 4.86. The second-order valence-electron chi connectivity index (χ2n) is 4.15. The Morgan fingerprint density at radius 1 is 1.50 bits per heavy atom. The molecule has 0 radical (unpaired) electrons. The molecule has 1 fully saturated rings. The molecule has 1 aliphatic heterocycles. The molecule has 0 bridgehead atoms. The van der Waals surface area contributed by atoms with Crippen LogP contribution in [0.25, 0.3) is 11.2 Å². The second kappa shape index (κ2) is 4.45. The Bertz CT molecular complexity index is 587. The predicted molar refractivity (Wildman–Crippen MR) is 67.7 cm³/mol. The van der Waals surface area contributed by atoms with E-state index >= 15 is 0 Å². The van der Waals surface area contributed by atoms with Crippen LogP contribution >= 0.6 is 15.9 Å². The zero-order valence-corrected chi connectivity index (χ0v) is 11.0. The largest absolute Gasteiger partial charge is 0.394 e. The van der Waals surface area contributed by atoms with Gasteiger partial charge < -0.3 is 15.6 Å². The molecule has 1 saturated heterocycles. The van der Waals surface area contributed by atoms with Crippen LogP contribution in [-0.4, -0.2) is 37.3 Å². The predicted octanol–water partition coefficient (Wildman–Crippen LogP) is 0.841. The highest BCUT2D eigenvalue weighted by atomic mass is 79.9. The smallest absolute Gasteiger partial charge is 0.181 e. The molecule has 96 valence electrons. The Balaban J connectivity index is 2.07. The molecule has 18 heavy (non-hydrogen) atoms. The van der Waals surface area contributed by atoms with Crippen molar-refractivity contribution in [3.63, 3.8) is 0 Å². The Hall–Kier alpha value is -1.25. The van der Waals surface area contributed by atoms with Crippen LogP contribution < -0.4 is 5.73 Å². The minimum atomic E-state index is -0.184. The minimum Gasteiger partial charge on any atom is -0.394 e. The van der Waals surface area contributed by atoms with Crippen molar-refractivity contribution >= 4 is 32.9 Å². The van der Waals surface area contributed by atoms with E-state index in [1.807, 2.05) is 4.57 Å². The average molecular weight is 314 g/mol. The van der Waals surface area contributed by atoms with E-state index in [9.17, 15) is 0 Å². The van der Waals surface area contributed by atoms with Gasteiger partial charge in [0.15, 0.2) is 21.7 Å². The van der Waals surface area contributed by atoms with Gasteiger partial charge in [-0.1, -0.05) is 0 Å². The molecule has 2 aromatic rings. The lowest BCUT2D eigenvalue weighted by molar-refractivity contribution is -0.0217. The maximum absolute atomic E-state index is 9.10. The lowest BCUT2D eigenvalue weighted by Gasteiger charge is -2.14. The molecular weight excluding hydrogens is 302 g/mol. The zero-order valence-electron chi connectivity index (χ0n) is 9.45. The third-order valence-corrected chi connectivity index (χ3v) is 3.60. The number of imidazole rings is 1. The standard InChI is InChI=1S/C10H12BrN5O2/c11-10-15-7-8(12)13-4-14-9(7)16(10)6-2-1-5(3-17)18-6/h4-6,17H,1-3H2,(H2,12,13,14)/t5-,6+/m0/s1. The Kier molecular flexibility index (Phi) is 2.92. The number of hydrogen-bond donors (Lipinski definition) is 2. The maximum Gasteiger partial charge on any atom is 0.181 e. The Morgan fingerprint density at radius 2 is 2.33 bits per heavy atom. The van der Waals surface area contributed by atoms with Gasteiger partial charge in [0.25, 0.3) is 0 Å². The van der Waals surface area contributed by atoms with Crippen LogP contribution in [0.5, 0.6) is 0 Å². The summed E-state index contributed by atoms with van der Waals surface area (Å²) in [6.07, 6.45) is 2.71. The van der Waals surface area contributed by atoms with Crippen LogP contribution in [0, 0.1) is 0 Å². The lowest BCUT2D eigenvalue weighted by atomic mass is 10.2. The maximum atomic E-state index is 9.10. The molecule has 3 N–H and O–H groups in total. The van der Waals surface area contributed by atoms with E-state index in [0.717, 1.165) is 12.8 Å². The third-order valence-electron chi connectivity index (χ3n) is 3.04. The van der Waals surface area contributed by atoms with E-state index in [4.69, 9.17) is 15.6 Å². The normalized spacial score (nSPS) is 23.9. The van der Waals surface area contributed by atoms with Crippen molar-refractivity contribution in [1.82, 2.24) is 19.5 Å². The minimum absolute atomic E-state index is 0.0257. The summed E-state index contributed by atoms with van der Waals surface area (Å²) in [7, 11) is 0. The number of aliphatic hydroxyl groups is 1. The van der Waals surface area contributed by atoms with Gasteiger partial charge in [-0.2, -0.15) is 0 Å². The molecule has 2 aromatic heterocycles. The number of nitrogens with two attached hydrogens (primary N) is 1. The monoisotopic (exact) mass is 313 g/mol. The topological polar surface area (TPSA) is 99.1 Å². The fraction of sp³-hybridized carbons (Fsp3) is 0.500. The first-order valence-electron chi connectivity index (χ1n) is 5.61. The Morgan fingerprint density at radius 3 is 3.06 bits per heavy atom. The van der Waals surface area contributed by atoms with Crippen molar-refractivity contribution in [3.05, 3.63) is 11.1 Å². The first-order valence-corrected chi connectivity index (χ1v) is 6.40. The molecular formula is C10H12BrN5O2. The summed E-state index contributed by atoms with van der Waals surface area (Å²) in [6.45, 7) is 0.0257. The van der Waals surface area contributed by atoms with E-state index in [2.05, 4.69) is 30.9 Å². The van der Waals surface area contributed by atoms with Crippen LogP contribution in [0.2, 0.25) is 0 Å². The van der Waals surface area contributed by atoms with Crippen LogP contribution in [0.15, 0.2) is 11.1 Å². The van der Waals surface area contributed by atoms with Crippen molar-refractivity contribution in [3.8, 4) is 0 Å². The van der Waals surface area contributed by atoms with Crippen LogP contribution in [0.3, 0.4) is 0 Å². The van der Waals surface area contributed by atoms with E-state index in [1.54, 1.807) is 0 Å². The summed E-state index contributed by atoms with van der Waals surface area (Å²) in [6, 6.07) is 0. The van der Waals surface area contributed by atoms with Gasteiger partial charge >= 0.3 is 0 Å². The molecule has 3 rings (SSSR count). The van der Waals surface area contributed by atoms with Gasteiger partial charge in [-0.25, -0.2) is 15.0 Å². The quantitative estimate of drug-likeness (QED) is 0.797. The number of ether oxygens (including phenoxy) is 1. The summed E-state index contributed by atoms with van der Waals surface area (Å²) in [4.78, 5) is 12.4. The highest BCUT2D eigenvalue weighted by Gasteiger charge is 2.29. The lowest BCUT2D eigenvalue weighted by Crippen LogP contribution is -2.14. The van der Waals surface area contributed by atoms with Gasteiger partial charge in [0.1, 0.15) is 12.6 Å². The molecule has 0 unspecified atom stereocenters. The molecule has 0 spiro atoms. The van der Waals surface area contributed by atoms with Crippen LogP contribution in [-0.2, 0) is 4.74 Å². The first kappa shape index (κ1) is 11.8. The van der Waals surface area contributed by atoms with Gasteiger partial charge in [0.05, 0.1) is 12.7 Å². The van der Waals surface area contributed by atoms with Gasteiger partial charge in [0.2, 0.25) is 0 Å². The van der Waals surface area contributed by atoms with Crippen molar-refractivity contribution in [2.75, 3.05) is 12.3 Å². The van der Waals surface area contributed by atoms with E-state index in [1.165, 1.54) is 6.33 Å². The number of rotatable bonds is 2. The fourth-order valence-electron chi connectivity index (χ4n) is 2.17. The number of halogens is 1. The SMILES string of the molecule is Nc1ncnc2c1nc(Br)n2[C@H]1CC[C@@H](CO)O1. The average Bonchev–Trinajstić information content (AvgIpc) is 2.93. The molecule has 2 atom stereocenters. The van der Waals surface area contributed by atoms with E-state index in [-0.39, 0.29) is 18.9 Å². The molecule has 8 heteroatoms. The first-order chi connectivity index (χ1) is 8.70. The number of fused-ring (bicyclic) bond motifs is 1. The zero-order chi connectivity index (χ0) is 12.7. The van der Waals surface area contributed by atoms with Crippen molar-refractivity contribution < 1.29 is 9.84 Å². The molecule has 0 aliphatic carbocycles. The van der Waals surface area contributed by atoms with Crippen LogP contribution in [0.4, 0.5) is 5.82 Å². The number of hydrogen-bond acceptors (Lipinski definition) is 6. The highest BCUT2D eigenvalue weighted by molar-refractivity contribution is 9.10. The number of aromatic nitrogens is 4. The van der Waals surface area contributed by atoms with Gasteiger partial charge in [0, 0.05) is 0 Å². The summed E-state index contributed by atoms with van der Waals surface area (Å²) in [5.74, 6) is 0.344. The number of nitrogens with zero attached hydrogens (tertiary/aromatic N) is 4. The van der Waals surface area contributed by atoms with E-state index < -0.39 is 0 Å². The number of aliphatic hydroxyl groups excluding tert-OH is 1. The molecule has 7 nitrogen and oxygen atoms in total. The van der Waals surface area contributed by atoms with E-state index in [0.29, 0.717) is 21.7 Å². The van der Waals surface area contributed by atoms with Crippen molar-refractivity contribution in [2.24, 2.45) is 0 Å². The summed E-state index contributed by atoms with van der Waals surface area (Å²) < 4.78 is 8.17. The molecule has 1 aliphatic rings. The summed E-state index contributed by atoms with van der Waals surface area (Å²) in [5.41, 5.74) is 6.95. The summed E-state index contributed by atoms with van der Waals surface area (Å²) >= 11 is 3.38. The molecule has 3 heterocycles. The van der Waals surface area contributed by atoms with Gasteiger partial charge in [-0.15, -0.1) is 0 Å². The third kappa shape index (κ3) is 1.76. The Labute approximate surface area is 111 Å². The van der Waals surface area contributed by atoms with Crippen LogP contribution in [0.1, 0.15) is 19.1 Å². The van der Waals surface area contributed by atoms with Gasteiger partial charge in [-0.3, -0.25) is 4.57 Å². The molecule has 0 saturated carbocycles.